The molecular weight excluding hydrogens is 309 g/mol. The van der Waals surface area contributed by atoms with E-state index in [4.69, 9.17) is 4.74 Å². The molecule has 2 fully saturated rings. The second-order valence-electron chi connectivity index (χ2n) is 6.71. The number of urea groups is 1. The summed E-state index contributed by atoms with van der Waals surface area (Å²) in [6, 6.07) is 4.64. The predicted octanol–water partition coefficient (Wildman–Crippen LogP) is 3.32. The quantitative estimate of drug-likeness (QED) is 0.918. The summed E-state index contributed by atoms with van der Waals surface area (Å²) in [5.74, 6) is 0.212. The van der Waals surface area contributed by atoms with Gasteiger partial charge in [-0.1, -0.05) is 0 Å². The Labute approximate surface area is 142 Å². The molecule has 2 heterocycles. The molecule has 6 heteroatoms. The Morgan fingerprint density at radius 1 is 1.21 bits per heavy atom. The smallest absolute Gasteiger partial charge is 0.321 e. The summed E-state index contributed by atoms with van der Waals surface area (Å²) in [4.78, 5) is 16.4. The van der Waals surface area contributed by atoms with Crippen molar-refractivity contribution in [1.29, 1.82) is 0 Å². The van der Waals surface area contributed by atoms with Crippen LogP contribution in [0.1, 0.15) is 25.7 Å². The van der Waals surface area contributed by atoms with Gasteiger partial charge in [0.1, 0.15) is 5.82 Å². The number of carbonyl (C=O) groups is 1. The van der Waals surface area contributed by atoms with Gasteiger partial charge in [0.25, 0.3) is 0 Å². The summed E-state index contributed by atoms with van der Waals surface area (Å²) in [5.41, 5.74) is 1.38. The third-order valence-electron chi connectivity index (χ3n) is 4.91. The van der Waals surface area contributed by atoms with E-state index in [1.165, 1.54) is 12.1 Å². The van der Waals surface area contributed by atoms with Gasteiger partial charge in [-0.25, -0.2) is 9.18 Å². The van der Waals surface area contributed by atoms with Crippen LogP contribution in [0.2, 0.25) is 0 Å². The lowest BCUT2D eigenvalue weighted by atomic mass is 9.98. The van der Waals surface area contributed by atoms with Crippen LogP contribution < -0.4 is 10.2 Å². The molecule has 1 aromatic rings. The largest absolute Gasteiger partial charge is 0.384 e. The molecule has 2 saturated heterocycles. The van der Waals surface area contributed by atoms with Gasteiger partial charge in [-0.15, -0.1) is 0 Å². The summed E-state index contributed by atoms with van der Waals surface area (Å²) >= 11 is 0. The fourth-order valence-corrected chi connectivity index (χ4v) is 3.55. The number of amides is 2. The first-order valence-electron chi connectivity index (χ1n) is 8.76. The fraction of sp³-hybridized carbons (Fsp3) is 0.611. The lowest BCUT2D eigenvalue weighted by molar-refractivity contribution is 0.110. The van der Waals surface area contributed by atoms with Crippen molar-refractivity contribution < 1.29 is 13.9 Å². The monoisotopic (exact) mass is 335 g/mol. The molecule has 2 aliphatic rings. The van der Waals surface area contributed by atoms with E-state index in [1.807, 2.05) is 6.07 Å². The number of carbonyl (C=O) groups excluding carboxylic acids is 1. The number of piperidine rings is 1. The molecule has 1 aromatic carbocycles. The number of rotatable bonds is 4. The molecule has 2 amide bonds. The summed E-state index contributed by atoms with van der Waals surface area (Å²) in [6.07, 6.45) is 4.16. The molecule has 0 aromatic heterocycles. The van der Waals surface area contributed by atoms with E-state index in [1.54, 1.807) is 12.0 Å². The van der Waals surface area contributed by atoms with E-state index >= 15 is 0 Å². The number of nitrogens with one attached hydrogen (secondary N) is 1. The average Bonchev–Trinajstić information content (AvgIpc) is 3.10. The van der Waals surface area contributed by atoms with Gasteiger partial charge in [0, 0.05) is 51.3 Å². The molecule has 3 rings (SSSR count). The number of hydrogen-bond acceptors (Lipinski definition) is 3. The highest BCUT2D eigenvalue weighted by Gasteiger charge is 2.23. The Kier molecular flexibility index (Phi) is 5.56. The molecule has 0 atom stereocenters. The van der Waals surface area contributed by atoms with E-state index in [9.17, 15) is 9.18 Å². The molecular formula is C18H26FN3O2. The fourth-order valence-electron chi connectivity index (χ4n) is 3.55. The molecule has 0 saturated carbocycles. The molecule has 5 nitrogen and oxygen atoms in total. The Hall–Kier alpha value is -1.82. The minimum Gasteiger partial charge on any atom is -0.384 e. The van der Waals surface area contributed by atoms with Crippen LogP contribution in [0.25, 0.3) is 0 Å². The van der Waals surface area contributed by atoms with Crippen molar-refractivity contribution >= 4 is 17.4 Å². The van der Waals surface area contributed by atoms with Crippen LogP contribution in [0.5, 0.6) is 0 Å². The summed E-state index contributed by atoms with van der Waals surface area (Å²) in [7, 11) is 1.71. The van der Waals surface area contributed by atoms with Gasteiger partial charge in [-0.05, 0) is 49.8 Å². The molecule has 0 aliphatic carbocycles. The Balaban J connectivity index is 1.60. The van der Waals surface area contributed by atoms with Gasteiger partial charge < -0.3 is 19.9 Å². The van der Waals surface area contributed by atoms with E-state index in [0.29, 0.717) is 24.7 Å². The third-order valence-corrected chi connectivity index (χ3v) is 4.91. The minimum atomic E-state index is -0.312. The first-order chi connectivity index (χ1) is 11.7. The lowest BCUT2D eigenvalue weighted by Crippen LogP contribution is -2.41. The van der Waals surface area contributed by atoms with Crippen LogP contribution >= 0.6 is 0 Å². The maximum atomic E-state index is 13.9. The van der Waals surface area contributed by atoms with Gasteiger partial charge in [0.05, 0.1) is 0 Å². The lowest BCUT2D eigenvalue weighted by Gasteiger charge is -2.31. The van der Waals surface area contributed by atoms with Crippen LogP contribution in [-0.2, 0) is 4.74 Å². The number of halogens is 1. The van der Waals surface area contributed by atoms with Gasteiger partial charge in [-0.2, -0.15) is 0 Å². The van der Waals surface area contributed by atoms with Crippen molar-refractivity contribution in [2.24, 2.45) is 5.92 Å². The van der Waals surface area contributed by atoms with Crippen molar-refractivity contribution in [2.45, 2.75) is 25.7 Å². The number of anilines is 2. The Morgan fingerprint density at radius 3 is 2.58 bits per heavy atom. The maximum Gasteiger partial charge on any atom is 0.321 e. The minimum absolute atomic E-state index is 0.149. The van der Waals surface area contributed by atoms with Crippen molar-refractivity contribution in [3.63, 3.8) is 0 Å². The number of methoxy groups -OCH3 is 1. The number of benzene rings is 1. The van der Waals surface area contributed by atoms with E-state index < -0.39 is 0 Å². The second-order valence-corrected chi connectivity index (χ2v) is 6.71. The first-order valence-corrected chi connectivity index (χ1v) is 8.76. The highest BCUT2D eigenvalue weighted by atomic mass is 19.1. The number of nitrogens with zero attached hydrogens (tertiary/aromatic N) is 2. The highest BCUT2D eigenvalue weighted by Crippen LogP contribution is 2.26. The van der Waals surface area contributed by atoms with E-state index in [-0.39, 0.29) is 11.8 Å². The summed E-state index contributed by atoms with van der Waals surface area (Å²) < 4.78 is 19.1. The van der Waals surface area contributed by atoms with Crippen LogP contribution in [0.15, 0.2) is 18.2 Å². The van der Waals surface area contributed by atoms with E-state index in [0.717, 1.165) is 51.1 Å². The van der Waals surface area contributed by atoms with Gasteiger partial charge in [0.2, 0.25) is 0 Å². The van der Waals surface area contributed by atoms with Crippen molar-refractivity contribution in [1.82, 2.24) is 4.90 Å². The van der Waals surface area contributed by atoms with Crippen LogP contribution in [-0.4, -0.2) is 50.8 Å². The first kappa shape index (κ1) is 17.0. The third kappa shape index (κ3) is 4.17. The molecule has 132 valence electrons. The summed E-state index contributed by atoms with van der Waals surface area (Å²) in [5, 5.41) is 2.85. The SMILES string of the molecule is COCC1CCN(C(=O)Nc2cc(F)cc(N3CCCC3)c2)CC1. The molecule has 0 radical (unpaired) electrons. The van der Waals surface area contributed by atoms with Crippen LogP contribution in [0.4, 0.5) is 20.6 Å². The van der Waals surface area contributed by atoms with E-state index in [2.05, 4.69) is 10.2 Å². The van der Waals surface area contributed by atoms with Crippen molar-refractivity contribution in [3.05, 3.63) is 24.0 Å². The predicted molar refractivity (Wildman–Crippen MR) is 93.0 cm³/mol. The summed E-state index contributed by atoms with van der Waals surface area (Å²) in [6.45, 7) is 4.08. The molecule has 0 unspecified atom stereocenters. The number of likely N-dealkylation sites (tertiary alicyclic amines) is 1. The normalized spacial score (nSPS) is 18.9. The zero-order valence-corrected chi connectivity index (χ0v) is 14.3. The molecule has 24 heavy (non-hydrogen) atoms. The molecule has 1 N–H and O–H groups in total. The Bertz CT molecular complexity index is 567. The van der Waals surface area contributed by atoms with Crippen LogP contribution in [0, 0.1) is 11.7 Å². The second kappa shape index (κ2) is 7.83. The highest BCUT2D eigenvalue weighted by molar-refractivity contribution is 5.90. The Morgan fingerprint density at radius 2 is 1.92 bits per heavy atom. The number of hydrogen-bond donors (Lipinski definition) is 1. The van der Waals surface area contributed by atoms with Gasteiger partial charge in [-0.3, -0.25) is 0 Å². The zero-order valence-electron chi connectivity index (χ0n) is 14.3. The number of ether oxygens (including phenoxy) is 1. The van der Waals surface area contributed by atoms with Crippen molar-refractivity contribution in [2.75, 3.05) is 50.1 Å². The van der Waals surface area contributed by atoms with Crippen LogP contribution in [0.3, 0.4) is 0 Å². The van der Waals surface area contributed by atoms with Gasteiger partial charge in [0.15, 0.2) is 0 Å². The van der Waals surface area contributed by atoms with Crippen molar-refractivity contribution in [3.8, 4) is 0 Å². The zero-order chi connectivity index (χ0) is 16.9. The van der Waals surface area contributed by atoms with Gasteiger partial charge >= 0.3 is 6.03 Å². The molecule has 2 aliphatic heterocycles. The standard InChI is InChI=1S/C18H26FN3O2/c1-24-13-14-4-8-22(9-5-14)18(23)20-16-10-15(19)11-17(12-16)21-6-2-3-7-21/h10-12,14H,2-9,13H2,1H3,(H,20,23). The maximum absolute atomic E-state index is 13.9. The average molecular weight is 335 g/mol. The molecule has 0 bridgehead atoms. The topological polar surface area (TPSA) is 44.8 Å². The molecule has 0 spiro atoms.